The molecule has 0 aliphatic carbocycles. The minimum absolute atomic E-state index is 0.105. The van der Waals surface area contributed by atoms with E-state index in [1.165, 1.54) is 13.0 Å². The number of benzene rings is 2. The fourth-order valence-corrected chi connectivity index (χ4v) is 3.70. The Balaban J connectivity index is 2.16. The molecule has 0 aromatic heterocycles. The van der Waals surface area contributed by atoms with E-state index in [-0.39, 0.29) is 12.1 Å². The number of aryl methyl sites for hydroxylation is 2. The van der Waals surface area contributed by atoms with Crippen molar-refractivity contribution in [3.05, 3.63) is 71.6 Å². The Kier molecular flexibility index (Phi) is 7.47. The number of anilines is 1. The van der Waals surface area contributed by atoms with Gasteiger partial charge in [-0.05, 0) is 50.1 Å². The first-order valence-corrected chi connectivity index (χ1v) is 10.5. The van der Waals surface area contributed by atoms with Crippen molar-refractivity contribution in [3.63, 3.8) is 0 Å². The van der Waals surface area contributed by atoms with Crippen LogP contribution in [0.4, 0.5) is 10.1 Å². The zero-order chi connectivity index (χ0) is 22.5. The number of ether oxygens (including phenoxy) is 1. The number of para-hydroxylation sites is 1. The molecule has 2 N–H and O–H groups in total. The van der Waals surface area contributed by atoms with Crippen molar-refractivity contribution in [2.45, 2.75) is 31.8 Å². The number of halogens is 1. The maximum absolute atomic E-state index is 14.0. The standard InChI is InChI=1S/C21H23FN2O5S/c1-5-11-23-30(27,28)18-12-16(9-10-17(18)22)21(26)29-15(4)20(25)24-19-13(2)7-6-8-14(19)3/h5-10,12,15,23H,1,11H2,2-4H3,(H,24,25). The predicted octanol–water partition coefficient (Wildman–Crippen LogP) is 3.09. The van der Waals surface area contributed by atoms with Crippen LogP contribution in [0.25, 0.3) is 0 Å². The molecule has 1 amide bonds. The van der Waals surface area contributed by atoms with Crippen LogP contribution in [0, 0.1) is 19.7 Å². The summed E-state index contributed by atoms with van der Waals surface area (Å²) < 4.78 is 45.6. The highest BCUT2D eigenvalue weighted by molar-refractivity contribution is 7.89. The SMILES string of the molecule is C=CCNS(=O)(=O)c1cc(C(=O)OC(C)C(=O)Nc2c(C)cccc2C)ccc1F. The second-order valence-corrected chi connectivity index (χ2v) is 8.32. The van der Waals surface area contributed by atoms with Crippen LogP contribution in [0.2, 0.25) is 0 Å². The summed E-state index contributed by atoms with van der Waals surface area (Å²) in [6, 6.07) is 8.31. The molecule has 1 atom stereocenters. The Bertz CT molecular complexity index is 1060. The van der Waals surface area contributed by atoms with Gasteiger partial charge in [0.15, 0.2) is 6.10 Å². The Morgan fingerprint density at radius 1 is 1.20 bits per heavy atom. The lowest BCUT2D eigenvalue weighted by atomic mass is 10.1. The molecule has 0 heterocycles. The van der Waals surface area contributed by atoms with E-state index in [0.717, 1.165) is 29.3 Å². The summed E-state index contributed by atoms with van der Waals surface area (Å²) in [4.78, 5) is 24.1. The lowest BCUT2D eigenvalue weighted by molar-refractivity contribution is -0.123. The molecule has 7 nitrogen and oxygen atoms in total. The molecule has 1 unspecified atom stereocenters. The number of carbonyl (C=O) groups excluding carboxylic acids is 2. The number of carbonyl (C=O) groups is 2. The second kappa shape index (κ2) is 9.64. The summed E-state index contributed by atoms with van der Waals surface area (Å²) in [6.45, 7) is 8.33. The van der Waals surface area contributed by atoms with E-state index in [2.05, 4.69) is 16.6 Å². The molecule has 0 bridgehead atoms. The molecule has 0 spiro atoms. The van der Waals surface area contributed by atoms with Crippen molar-refractivity contribution in [2.75, 3.05) is 11.9 Å². The Morgan fingerprint density at radius 3 is 2.43 bits per heavy atom. The van der Waals surface area contributed by atoms with Gasteiger partial charge >= 0.3 is 5.97 Å². The molecule has 0 saturated carbocycles. The molecular formula is C21H23FN2O5S. The van der Waals surface area contributed by atoms with Gasteiger partial charge in [0.25, 0.3) is 5.91 Å². The first-order valence-electron chi connectivity index (χ1n) is 9.05. The number of amides is 1. The highest BCUT2D eigenvalue weighted by Gasteiger charge is 2.24. The average molecular weight is 434 g/mol. The van der Waals surface area contributed by atoms with Crippen molar-refractivity contribution in [1.82, 2.24) is 4.72 Å². The van der Waals surface area contributed by atoms with Crippen molar-refractivity contribution >= 4 is 27.6 Å². The van der Waals surface area contributed by atoms with Crippen LogP contribution in [-0.2, 0) is 19.6 Å². The van der Waals surface area contributed by atoms with Gasteiger partial charge in [0, 0.05) is 12.2 Å². The molecule has 160 valence electrons. The van der Waals surface area contributed by atoms with E-state index in [4.69, 9.17) is 4.74 Å². The zero-order valence-corrected chi connectivity index (χ0v) is 17.7. The number of rotatable bonds is 8. The Hall–Kier alpha value is -3.04. The van der Waals surface area contributed by atoms with Gasteiger partial charge in [-0.1, -0.05) is 24.3 Å². The third kappa shape index (κ3) is 5.52. The molecule has 30 heavy (non-hydrogen) atoms. The molecule has 2 aromatic rings. The van der Waals surface area contributed by atoms with Gasteiger partial charge in [-0.25, -0.2) is 22.3 Å². The highest BCUT2D eigenvalue weighted by atomic mass is 32.2. The van der Waals surface area contributed by atoms with Gasteiger partial charge in [0.2, 0.25) is 10.0 Å². The summed E-state index contributed by atoms with van der Waals surface area (Å²) in [5.74, 6) is -2.54. The Morgan fingerprint density at radius 2 is 1.83 bits per heavy atom. The number of nitrogens with one attached hydrogen (secondary N) is 2. The van der Waals surface area contributed by atoms with Crippen LogP contribution in [0.3, 0.4) is 0 Å². The summed E-state index contributed by atoms with van der Waals surface area (Å²) >= 11 is 0. The molecule has 0 radical (unpaired) electrons. The zero-order valence-electron chi connectivity index (χ0n) is 16.9. The van der Waals surface area contributed by atoms with Crippen LogP contribution in [0.1, 0.15) is 28.4 Å². The van der Waals surface area contributed by atoms with Crippen molar-refractivity contribution < 1.29 is 27.1 Å². The van der Waals surface area contributed by atoms with Crippen molar-refractivity contribution in [1.29, 1.82) is 0 Å². The van der Waals surface area contributed by atoms with Crippen LogP contribution in [0.15, 0.2) is 53.9 Å². The summed E-state index contributed by atoms with van der Waals surface area (Å²) in [6.07, 6.45) is 0.129. The molecule has 0 saturated heterocycles. The molecule has 9 heteroatoms. The van der Waals surface area contributed by atoms with Gasteiger partial charge in [0.05, 0.1) is 5.56 Å². The van der Waals surface area contributed by atoms with Gasteiger partial charge in [-0.3, -0.25) is 4.79 Å². The quantitative estimate of drug-likeness (QED) is 0.491. The van der Waals surface area contributed by atoms with E-state index in [9.17, 15) is 22.4 Å². The van der Waals surface area contributed by atoms with Crippen LogP contribution in [0.5, 0.6) is 0 Å². The van der Waals surface area contributed by atoms with E-state index in [1.54, 1.807) is 0 Å². The van der Waals surface area contributed by atoms with Gasteiger partial charge < -0.3 is 10.1 Å². The molecule has 2 aromatic carbocycles. The van der Waals surface area contributed by atoms with E-state index in [0.29, 0.717) is 5.69 Å². The van der Waals surface area contributed by atoms with E-state index >= 15 is 0 Å². The van der Waals surface area contributed by atoms with Crippen LogP contribution < -0.4 is 10.0 Å². The fourth-order valence-electron chi connectivity index (χ4n) is 2.60. The van der Waals surface area contributed by atoms with Crippen molar-refractivity contribution in [3.8, 4) is 0 Å². The minimum atomic E-state index is -4.19. The third-order valence-corrected chi connectivity index (χ3v) is 5.70. The van der Waals surface area contributed by atoms with E-state index in [1.807, 2.05) is 32.0 Å². The number of sulfonamides is 1. The highest BCUT2D eigenvalue weighted by Crippen LogP contribution is 2.21. The lowest BCUT2D eigenvalue weighted by Gasteiger charge is -2.16. The third-order valence-electron chi connectivity index (χ3n) is 4.26. The number of hydrogen-bond donors (Lipinski definition) is 2. The summed E-state index contributed by atoms with van der Waals surface area (Å²) in [7, 11) is -4.19. The Labute approximate surface area is 175 Å². The monoisotopic (exact) mass is 434 g/mol. The smallest absolute Gasteiger partial charge is 0.338 e. The van der Waals surface area contributed by atoms with Crippen LogP contribution >= 0.6 is 0 Å². The second-order valence-electron chi connectivity index (χ2n) is 6.59. The summed E-state index contributed by atoms with van der Waals surface area (Å²) in [5.41, 5.74) is 2.11. The normalized spacial score (nSPS) is 12.1. The maximum atomic E-state index is 14.0. The number of esters is 1. The predicted molar refractivity (Wildman–Crippen MR) is 111 cm³/mol. The van der Waals surface area contributed by atoms with Crippen LogP contribution in [-0.4, -0.2) is 32.9 Å². The van der Waals surface area contributed by atoms with E-state index < -0.39 is 38.7 Å². The summed E-state index contributed by atoms with van der Waals surface area (Å²) in [5, 5.41) is 2.71. The molecule has 2 rings (SSSR count). The molecule has 0 fully saturated rings. The van der Waals surface area contributed by atoms with Gasteiger partial charge in [-0.2, -0.15) is 0 Å². The molecule has 0 aliphatic rings. The first-order chi connectivity index (χ1) is 14.1. The number of hydrogen-bond acceptors (Lipinski definition) is 5. The molecule has 0 aliphatic heterocycles. The largest absolute Gasteiger partial charge is 0.449 e. The topological polar surface area (TPSA) is 102 Å². The maximum Gasteiger partial charge on any atom is 0.338 e. The lowest BCUT2D eigenvalue weighted by Crippen LogP contribution is -2.30. The van der Waals surface area contributed by atoms with Gasteiger partial charge in [0.1, 0.15) is 10.7 Å². The first kappa shape index (κ1) is 23.2. The van der Waals surface area contributed by atoms with Gasteiger partial charge in [-0.15, -0.1) is 6.58 Å². The molecular weight excluding hydrogens is 411 g/mol. The average Bonchev–Trinajstić information content (AvgIpc) is 2.69. The fraction of sp³-hybridized carbons (Fsp3) is 0.238. The minimum Gasteiger partial charge on any atom is -0.449 e. The van der Waals surface area contributed by atoms with Crippen molar-refractivity contribution in [2.24, 2.45) is 0 Å².